The van der Waals surface area contributed by atoms with Gasteiger partial charge in [0.25, 0.3) is 17.7 Å². The van der Waals surface area contributed by atoms with Crippen LogP contribution >= 0.6 is 11.6 Å². The van der Waals surface area contributed by atoms with Crippen molar-refractivity contribution in [1.82, 2.24) is 9.97 Å². The molecule has 0 saturated carbocycles. The van der Waals surface area contributed by atoms with E-state index < -0.39 is 11.8 Å². The normalized spacial score (nSPS) is 13.5. The van der Waals surface area contributed by atoms with Crippen LogP contribution in [0.15, 0.2) is 60.9 Å². The second kappa shape index (κ2) is 9.54. The van der Waals surface area contributed by atoms with E-state index in [0.29, 0.717) is 35.2 Å². The summed E-state index contributed by atoms with van der Waals surface area (Å²) in [7, 11) is 0. The molecule has 32 heavy (non-hydrogen) atoms. The van der Waals surface area contributed by atoms with Crippen molar-refractivity contribution >= 4 is 46.4 Å². The summed E-state index contributed by atoms with van der Waals surface area (Å²) in [5.74, 6) is -1.34. The van der Waals surface area contributed by atoms with Gasteiger partial charge in [0, 0.05) is 30.3 Å². The average molecular weight is 452 g/mol. The maximum absolute atomic E-state index is 12.8. The molecule has 0 spiro atoms. The molecule has 2 N–H and O–H groups in total. The van der Waals surface area contributed by atoms with E-state index in [-0.39, 0.29) is 23.9 Å². The molecule has 4 rings (SSSR count). The van der Waals surface area contributed by atoms with E-state index in [0.717, 1.165) is 0 Å². The average Bonchev–Trinajstić information content (AvgIpc) is 2.81. The van der Waals surface area contributed by atoms with E-state index in [1.54, 1.807) is 53.4 Å². The van der Waals surface area contributed by atoms with Crippen LogP contribution in [0.1, 0.15) is 21.0 Å². The van der Waals surface area contributed by atoms with E-state index in [4.69, 9.17) is 16.3 Å². The standard InChI is InChI=1S/C22H18ClN5O4/c23-16-3-1-2-4-17(16)27-22(31)20-19(24-9-10-25-20)21(30)26-14-5-7-15(8-6-14)28-11-12-32-13-18(28)29/h1-10H,11-13H2,(H,26,30)(H,27,31). The first-order valence-corrected chi connectivity index (χ1v) is 10.1. The van der Waals surface area contributed by atoms with E-state index in [1.165, 1.54) is 12.4 Å². The molecule has 0 radical (unpaired) electrons. The van der Waals surface area contributed by atoms with Crippen molar-refractivity contribution in [2.24, 2.45) is 0 Å². The quantitative estimate of drug-likeness (QED) is 0.616. The summed E-state index contributed by atoms with van der Waals surface area (Å²) in [5.41, 5.74) is 1.30. The Morgan fingerprint density at radius 1 is 0.938 bits per heavy atom. The fourth-order valence-electron chi connectivity index (χ4n) is 3.12. The Kier molecular flexibility index (Phi) is 6.39. The fourth-order valence-corrected chi connectivity index (χ4v) is 3.30. The molecule has 0 aliphatic carbocycles. The number of hydrogen-bond acceptors (Lipinski definition) is 6. The highest BCUT2D eigenvalue weighted by atomic mass is 35.5. The lowest BCUT2D eigenvalue weighted by molar-refractivity contribution is -0.125. The van der Waals surface area contributed by atoms with Crippen molar-refractivity contribution in [2.75, 3.05) is 35.3 Å². The highest BCUT2D eigenvalue weighted by Crippen LogP contribution is 2.22. The van der Waals surface area contributed by atoms with Crippen molar-refractivity contribution in [3.05, 3.63) is 77.3 Å². The second-order valence-electron chi connectivity index (χ2n) is 6.79. The van der Waals surface area contributed by atoms with E-state index >= 15 is 0 Å². The van der Waals surface area contributed by atoms with E-state index in [1.807, 2.05) is 0 Å². The topological polar surface area (TPSA) is 114 Å². The van der Waals surface area contributed by atoms with E-state index in [2.05, 4.69) is 20.6 Å². The lowest BCUT2D eigenvalue weighted by Gasteiger charge is -2.26. The Hall–Kier alpha value is -3.82. The number of morpholine rings is 1. The monoisotopic (exact) mass is 451 g/mol. The van der Waals surface area contributed by atoms with Gasteiger partial charge in [-0.25, -0.2) is 9.97 Å². The molecule has 10 heteroatoms. The third-order valence-electron chi connectivity index (χ3n) is 4.67. The predicted octanol–water partition coefficient (Wildman–Crippen LogP) is 3.00. The molecule has 0 unspecified atom stereocenters. The maximum atomic E-state index is 12.8. The summed E-state index contributed by atoms with van der Waals surface area (Å²) in [6, 6.07) is 13.5. The number of ether oxygens (including phenoxy) is 1. The summed E-state index contributed by atoms with van der Waals surface area (Å²) in [5, 5.41) is 5.68. The van der Waals surface area contributed by atoms with Gasteiger partial charge in [-0.2, -0.15) is 0 Å². The maximum Gasteiger partial charge on any atom is 0.276 e. The van der Waals surface area contributed by atoms with Crippen LogP contribution in [0.25, 0.3) is 0 Å². The lowest BCUT2D eigenvalue weighted by Crippen LogP contribution is -2.41. The number of rotatable bonds is 5. The largest absolute Gasteiger partial charge is 0.370 e. The number of anilines is 3. The molecule has 3 amide bonds. The number of carbonyl (C=O) groups is 3. The van der Waals surface area contributed by atoms with Crippen LogP contribution in [0.5, 0.6) is 0 Å². The first-order chi connectivity index (χ1) is 15.5. The summed E-state index contributed by atoms with van der Waals surface area (Å²) in [4.78, 5) is 47.1. The number of benzene rings is 2. The Morgan fingerprint density at radius 3 is 2.25 bits per heavy atom. The van der Waals surface area contributed by atoms with Gasteiger partial charge in [-0.15, -0.1) is 0 Å². The van der Waals surface area contributed by atoms with Crippen LogP contribution in [-0.2, 0) is 9.53 Å². The summed E-state index contributed by atoms with van der Waals surface area (Å²) < 4.78 is 5.13. The van der Waals surface area contributed by atoms with Gasteiger partial charge in [-0.1, -0.05) is 23.7 Å². The Morgan fingerprint density at radius 2 is 1.59 bits per heavy atom. The number of aromatic nitrogens is 2. The zero-order valence-corrected chi connectivity index (χ0v) is 17.5. The van der Waals surface area contributed by atoms with Gasteiger partial charge in [0.15, 0.2) is 11.4 Å². The Bertz CT molecular complexity index is 1170. The molecule has 2 aromatic carbocycles. The van der Waals surface area contributed by atoms with E-state index in [9.17, 15) is 14.4 Å². The predicted molar refractivity (Wildman–Crippen MR) is 119 cm³/mol. The summed E-state index contributed by atoms with van der Waals surface area (Å²) in [6.45, 7) is 0.980. The van der Waals surface area contributed by atoms with Crippen LogP contribution < -0.4 is 15.5 Å². The van der Waals surface area contributed by atoms with Crippen molar-refractivity contribution < 1.29 is 19.1 Å². The Balaban J connectivity index is 1.49. The molecule has 0 atom stereocenters. The molecule has 2 heterocycles. The molecular formula is C22H18ClN5O4. The lowest BCUT2D eigenvalue weighted by atomic mass is 10.2. The van der Waals surface area contributed by atoms with Gasteiger partial charge in [-0.3, -0.25) is 14.4 Å². The minimum Gasteiger partial charge on any atom is -0.370 e. The number of nitrogens with one attached hydrogen (secondary N) is 2. The van der Waals surface area contributed by atoms with Gasteiger partial charge in [0.2, 0.25) is 0 Å². The molecular weight excluding hydrogens is 434 g/mol. The smallest absolute Gasteiger partial charge is 0.276 e. The van der Waals surface area contributed by atoms with Crippen molar-refractivity contribution in [3.63, 3.8) is 0 Å². The van der Waals surface area contributed by atoms with Gasteiger partial charge >= 0.3 is 0 Å². The van der Waals surface area contributed by atoms with Crippen LogP contribution in [0, 0.1) is 0 Å². The first-order valence-electron chi connectivity index (χ1n) is 9.69. The highest BCUT2D eigenvalue weighted by Gasteiger charge is 2.22. The first kappa shape index (κ1) is 21.4. The van der Waals surface area contributed by atoms with Crippen LogP contribution in [0.4, 0.5) is 17.1 Å². The molecule has 1 aromatic heterocycles. The molecule has 0 bridgehead atoms. The number of hydrogen-bond donors (Lipinski definition) is 2. The minimum atomic E-state index is -0.613. The fraction of sp³-hybridized carbons (Fsp3) is 0.136. The van der Waals surface area contributed by atoms with Crippen molar-refractivity contribution in [1.29, 1.82) is 0 Å². The number of para-hydroxylation sites is 1. The molecule has 1 aliphatic heterocycles. The molecule has 1 saturated heterocycles. The van der Waals surface area contributed by atoms with Crippen LogP contribution in [0.2, 0.25) is 5.02 Å². The number of nitrogens with zero attached hydrogens (tertiary/aromatic N) is 3. The Labute approximate surface area is 188 Å². The SMILES string of the molecule is O=C(Nc1ccc(N2CCOCC2=O)cc1)c1nccnc1C(=O)Nc1ccccc1Cl. The molecule has 1 fully saturated rings. The zero-order valence-electron chi connectivity index (χ0n) is 16.7. The van der Waals surface area contributed by atoms with Gasteiger partial charge in [0.1, 0.15) is 6.61 Å². The van der Waals surface area contributed by atoms with Crippen molar-refractivity contribution in [3.8, 4) is 0 Å². The molecule has 3 aromatic rings. The molecule has 9 nitrogen and oxygen atoms in total. The van der Waals surface area contributed by atoms with Gasteiger partial charge in [-0.05, 0) is 36.4 Å². The zero-order chi connectivity index (χ0) is 22.5. The van der Waals surface area contributed by atoms with Crippen LogP contribution in [-0.4, -0.2) is 47.4 Å². The van der Waals surface area contributed by atoms with Gasteiger partial charge in [0.05, 0.1) is 17.3 Å². The van der Waals surface area contributed by atoms with Gasteiger partial charge < -0.3 is 20.3 Å². The number of halogens is 1. The minimum absolute atomic E-state index is 0.0458. The van der Waals surface area contributed by atoms with Crippen LogP contribution in [0.3, 0.4) is 0 Å². The summed E-state index contributed by atoms with van der Waals surface area (Å²) in [6.07, 6.45) is 2.65. The third kappa shape index (κ3) is 4.74. The highest BCUT2D eigenvalue weighted by molar-refractivity contribution is 6.34. The van der Waals surface area contributed by atoms with Crippen molar-refractivity contribution in [2.45, 2.75) is 0 Å². The molecule has 162 valence electrons. The third-order valence-corrected chi connectivity index (χ3v) is 5.00. The summed E-state index contributed by atoms with van der Waals surface area (Å²) >= 11 is 6.08. The number of amides is 3. The number of carbonyl (C=O) groups excluding carboxylic acids is 3. The second-order valence-corrected chi connectivity index (χ2v) is 7.19. The molecule has 1 aliphatic rings.